The first kappa shape index (κ1) is 13.7. The highest BCUT2D eigenvalue weighted by Gasteiger charge is 2.24. The zero-order valence-electron chi connectivity index (χ0n) is 11.8. The van der Waals surface area contributed by atoms with Gasteiger partial charge in [0.2, 0.25) is 12.7 Å². The van der Waals surface area contributed by atoms with Crippen LogP contribution in [0.4, 0.5) is 0 Å². The number of hydrogen-bond acceptors (Lipinski definition) is 3. The second-order valence-corrected chi connectivity index (χ2v) is 4.58. The number of carbonyl (C=O) groups excluding carboxylic acids is 1. The summed E-state index contributed by atoms with van der Waals surface area (Å²) in [4.78, 5) is 14.4. The van der Waals surface area contributed by atoms with Crippen LogP contribution in [0.2, 0.25) is 0 Å². The lowest BCUT2D eigenvalue weighted by atomic mass is 9.94. The molecule has 0 spiro atoms. The van der Waals surface area contributed by atoms with Crippen molar-refractivity contribution in [2.45, 2.75) is 33.1 Å². The predicted molar refractivity (Wildman–Crippen MR) is 73.5 cm³/mol. The molecule has 104 valence electrons. The monoisotopic (exact) mass is 263 g/mol. The van der Waals surface area contributed by atoms with E-state index in [9.17, 15) is 4.79 Å². The SMILES string of the molecule is CCC(C(=O)N(CC)CC)c1ccc2c(c1)OCO2. The fourth-order valence-electron chi connectivity index (χ4n) is 2.44. The highest BCUT2D eigenvalue weighted by Crippen LogP contribution is 2.35. The average Bonchev–Trinajstić information content (AvgIpc) is 2.88. The van der Waals surface area contributed by atoms with Gasteiger partial charge in [-0.05, 0) is 38.0 Å². The van der Waals surface area contributed by atoms with E-state index in [1.165, 1.54) is 0 Å². The molecule has 4 nitrogen and oxygen atoms in total. The second kappa shape index (κ2) is 5.95. The van der Waals surface area contributed by atoms with Crippen molar-refractivity contribution in [1.29, 1.82) is 0 Å². The Hall–Kier alpha value is -1.71. The van der Waals surface area contributed by atoms with Gasteiger partial charge in [0.15, 0.2) is 11.5 Å². The molecule has 1 atom stereocenters. The first-order chi connectivity index (χ1) is 9.21. The van der Waals surface area contributed by atoms with Gasteiger partial charge in [-0.2, -0.15) is 0 Å². The average molecular weight is 263 g/mol. The van der Waals surface area contributed by atoms with E-state index in [0.717, 1.165) is 36.6 Å². The van der Waals surface area contributed by atoms with Crippen LogP contribution in [0, 0.1) is 0 Å². The topological polar surface area (TPSA) is 38.8 Å². The zero-order chi connectivity index (χ0) is 13.8. The Morgan fingerprint density at radius 2 is 1.89 bits per heavy atom. The van der Waals surface area contributed by atoms with Gasteiger partial charge in [-0.1, -0.05) is 13.0 Å². The molecule has 19 heavy (non-hydrogen) atoms. The lowest BCUT2D eigenvalue weighted by Gasteiger charge is -2.24. The van der Waals surface area contributed by atoms with Crippen LogP contribution < -0.4 is 9.47 Å². The molecule has 0 radical (unpaired) electrons. The third-order valence-corrected chi connectivity index (χ3v) is 3.58. The zero-order valence-corrected chi connectivity index (χ0v) is 11.8. The van der Waals surface area contributed by atoms with Crippen LogP contribution >= 0.6 is 0 Å². The molecule has 0 aliphatic carbocycles. The highest BCUT2D eigenvalue weighted by molar-refractivity contribution is 5.84. The van der Waals surface area contributed by atoms with Crippen LogP contribution in [-0.4, -0.2) is 30.7 Å². The van der Waals surface area contributed by atoms with Gasteiger partial charge in [0.05, 0.1) is 5.92 Å². The van der Waals surface area contributed by atoms with Crippen LogP contribution in [0.1, 0.15) is 38.7 Å². The molecule has 1 aromatic rings. The van der Waals surface area contributed by atoms with Gasteiger partial charge in [0.1, 0.15) is 0 Å². The number of amides is 1. The van der Waals surface area contributed by atoms with E-state index in [1.54, 1.807) is 0 Å². The molecule has 0 N–H and O–H groups in total. The molecule has 4 heteroatoms. The van der Waals surface area contributed by atoms with Gasteiger partial charge in [-0.25, -0.2) is 0 Å². The number of fused-ring (bicyclic) bond motifs is 1. The number of rotatable bonds is 5. The maximum absolute atomic E-state index is 12.5. The van der Waals surface area contributed by atoms with E-state index in [4.69, 9.17) is 9.47 Å². The molecule has 2 rings (SSSR count). The van der Waals surface area contributed by atoms with Crippen molar-refractivity contribution in [3.8, 4) is 11.5 Å². The largest absolute Gasteiger partial charge is 0.454 e. The minimum Gasteiger partial charge on any atom is -0.454 e. The molecule has 1 unspecified atom stereocenters. The van der Waals surface area contributed by atoms with E-state index < -0.39 is 0 Å². The predicted octanol–water partition coefficient (Wildman–Crippen LogP) is 2.78. The summed E-state index contributed by atoms with van der Waals surface area (Å²) in [6.07, 6.45) is 0.787. The molecule has 1 heterocycles. The molecular formula is C15H21NO3. The highest BCUT2D eigenvalue weighted by atomic mass is 16.7. The fourth-order valence-corrected chi connectivity index (χ4v) is 2.44. The molecule has 0 saturated carbocycles. The van der Waals surface area contributed by atoms with Gasteiger partial charge in [-0.15, -0.1) is 0 Å². The molecule has 0 saturated heterocycles. The smallest absolute Gasteiger partial charge is 0.231 e. The maximum Gasteiger partial charge on any atom is 0.231 e. The third kappa shape index (κ3) is 2.67. The molecule has 1 amide bonds. The van der Waals surface area contributed by atoms with Crippen LogP contribution in [-0.2, 0) is 4.79 Å². The number of hydrogen-bond donors (Lipinski definition) is 0. The second-order valence-electron chi connectivity index (χ2n) is 4.58. The van der Waals surface area contributed by atoms with Gasteiger partial charge in [-0.3, -0.25) is 4.79 Å². The number of ether oxygens (including phenoxy) is 2. The first-order valence-electron chi connectivity index (χ1n) is 6.89. The normalized spacial score (nSPS) is 14.3. The molecule has 1 aliphatic rings. The van der Waals surface area contributed by atoms with Crippen molar-refractivity contribution in [1.82, 2.24) is 4.90 Å². The summed E-state index contributed by atoms with van der Waals surface area (Å²) in [6, 6.07) is 5.77. The summed E-state index contributed by atoms with van der Waals surface area (Å²) in [6.45, 7) is 7.81. The summed E-state index contributed by atoms with van der Waals surface area (Å²) in [5.74, 6) is 1.58. The van der Waals surface area contributed by atoms with E-state index in [2.05, 4.69) is 0 Å². The first-order valence-corrected chi connectivity index (χ1v) is 6.89. The Morgan fingerprint density at radius 3 is 2.53 bits per heavy atom. The van der Waals surface area contributed by atoms with E-state index in [1.807, 2.05) is 43.9 Å². The van der Waals surface area contributed by atoms with E-state index in [0.29, 0.717) is 0 Å². The standard InChI is InChI=1S/C15H21NO3/c1-4-12(15(17)16(5-2)6-3)11-7-8-13-14(9-11)19-10-18-13/h7-9,12H,4-6,10H2,1-3H3. The van der Waals surface area contributed by atoms with Crippen LogP contribution in [0.5, 0.6) is 11.5 Å². The van der Waals surface area contributed by atoms with Crippen LogP contribution in [0.15, 0.2) is 18.2 Å². The summed E-state index contributed by atoms with van der Waals surface area (Å²) in [5.41, 5.74) is 1.00. The molecule has 1 aliphatic heterocycles. The summed E-state index contributed by atoms with van der Waals surface area (Å²) in [7, 11) is 0. The fraction of sp³-hybridized carbons (Fsp3) is 0.533. The molecule has 0 bridgehead atoms. The quantitative estimate of drug-likeness (QED) is 0.820. The lowest BCUT2D eigenvalue weighted by Crippen LogP contribution is -2.34. The minimum atomic E-state index is -0.102. The summed E-state index contributed by atoms with van der Waals surface area (Å²) >= 11 is 0. The van der Waals surface area contributed by atoms with E-state index in [-0.39, 0.29) is 18.6 Å². The minimum absolute atomic E-state index is 0.102. The molecule has 0 aromatic heterocycles. The lowest BCUT2D eigenvalue weighted by molar-refractivity contribution is -0.132. The van der Waals surface area contributed by atoms with Gasteiger partial charge in [0, 0.05) is 13.1 Å². The molecular weight excluding hydrogens is 242 g/mol. The number of carbonyl (C=O) groups is 1. The van der Waals surface area contributed by atoms with Crippen LogP contribution in [0.3, 0.4) is 0 Å². The van der Waals surface area contributed by atoms with Gasteiger partial charge < -0.3 is 14.4 Å². The van der Waals surface area contributed by atoms with Gasteiger partial charge >= 0.3 is 0 Å². The van der Waals surface area contributed by atoms with Crippen molar-refractivity contribution in [2.75, 3.05) is 19.9 Å². The Labute approximate surface area is 114 Å². The Kier molecular flexibility index (Phi) is 4.30. The maximum atomic E-state index is 12.5. The number of likely N-dealkylation sites (N-methyl/N-ethyl adjacent to an activating group) is 1. The Bertz CT molecular complexity index is 455. The Balaban J connectivity index is 2.24. The van der Waals surface area contributed by atoms with Crippen molar-refractivity contribution in [2.24, 2.45) is 0 Å². The number of nitrogens with zero attached hydrogens (tertiary/aromatic N) is 1. The molecule has 1 aromatic carbocycles. The summed E-state index contributed by atoms with van der Waals surface area (Å²) < 4.78 is 10.7. The van der Waals surface area contributed by atoms with Crippen molar-refractivity contribution >= 4 is 5.91 Å². The third-order valence-electron chi connectivity index (χ3n) is 3.58. The van der Waals surface area contributed by atoms with Crippen LogP contribution in [0.25, 0.3) is 0 Å². The van der Waals surface area contributed by atoms with Crippen molar-refractivity contribution in [3.05, 3.63) is 23.8 Å². The molecule has 0 fully saturated rings. The number of benzene rings is 1. The Morgan fingerprint density at radius 1 is 1.21 bits per heavy atom. The van der Waals surface area contributed by atoms with E-state index >= 15 is 0 Å². The van der Waals surface area contributed by atoms with Gasteiger partial charge in [0.25, 0.3) is 0 Å². The van der Waals surface area contributed by atoms with Crippen molar-refractivity contribution in [3.63, 3.8) is 0 Å². The summed E-state index contributed by atoms with van der Waals surface area (Å²) in [5, 5.41) is 0. The van der Waals surface area contributed by atoms with Crippen molar-refractivity contribution < 1.29 is 14.3 Å².